The first-order chi connectivity index (χ1) is 6.43. The lowest BCUT2D eigenvalue weighted by molar-refractivity contribution is 0.0648. The summed E-state index contributed by atoms with van der Waals surface area (Å²) in [5.74, 6) is -3.47. The van der Waals surface area contributed by atoms with Crippen LogP contribution in [0.3, 0.4) is 0 Å². The van der Waals surface area contributed by atoms with Crippen LogP contribution in [0.2, 0.25) is 0 Å². The highest BCUT2D eigenvalue weighted by molar-refractivity contribution is 6.00. The van der Waals surface area contributed by atoms with Crippen LogP contribution in [0, 0.1) is 0 Å². The summed E-state index contributed by atoms with van der Waals surface area (Å²) in [6, 6.07) is 0. The maximum absolute atomic E-state index is 10.8. The normalized spacial score (nSPS) is 9.79. The molecular formula is C7H6N2O5. The van der Waals surface area contributed by atoms with Crippen LogP contribution in [-0.4, -0.2) is 37.8 Å². The summed E-state index contributed by atoms with van der Waals surface area (Å²) >= 11 is 0. The summed E-state index contributed by atoms with van der Waals surface area (Å²) in [5.41, 5.74) is -1.15. The molecule has 0 unspecified atom stereocenters. The Bertz CT molecular complexity index is 388. The Kier molecular flexibility index (Phi) is 2.32. The molecule has 0 aliphatic heterocycles. The fourth-order valence-corrected chi connectivity index (χ4v) is 0.850. The van der Waals surface area contributed by atoms with Crippen molar-refractivity contribution in [2.24, 2.45) is 0 Å². The minimum atomic E-state index is -1.48. The second-order valence-electron chi connectivity index (χ2n) is 2.47. The molecule has 0 amide bonds. The average Bonchev–Trinajstić information content (AvgIpc) is 2.47. The van der Waals surface area contributed by atoms with E-state index in [9.17, 15) is 14.4 Å². The number of hydrogen-bond donors (Lipinski definition) is 2. The highest BCUT2D eigenvalue weighted by Crippen LogP contribution is 2.06. The fraction of sp³-hybridized carbons (Fsp3) is 0.143. The van der Waals surface area contributed by atoms with Gasteiger partial charge in [0.05, 0.1) is 0 Å². The number of rotatable bonds is 2. The summed E-state index contributed by atoms with van der Waals surface area (Å²) in [7, 11) is 0. The maximum atomic E-state index is 10.8. The molecule has 0 aliphatic rings. The van der Waals surface area contributed by atoms with Crippen molar-refractivity contribution in [1.29, 1.82) is 0 Å². The van der Waals surface area contributed by atoms with Crippen molar-refractivity contribution < 1.29 is 24.6 Å². The van der Waals surface area contributed by atoms with Gasteiger partial charge in [-0.1, -0.05) is 0 Å². The predicted octanol–water partition coefficient (Wildman–Crippen LogP) is -0.0604. The third-order valence-corrected chi connectivity index (χ3v) is 1.47. The van der Waals surface area contributed by atoms with Crippen molar-refractivity contribution in [2.75, 3.05) is 0 Å². The van der Waals surface area contributed by atoms with Gasteiger partial charge in [-0.3, -0.25) is 4.79 Å². The highest BCUT2D eigenvalue weighted by Gasteiger charge is 2.21. The van der Waals surface area contributed by atoms with Crippen LogP contribution < -0.4 is 0 Å². The highest BCUT2D eigenvalue weighted by atomic mass is 16.4. The molecule has 1 aromatic heterocycles. The van der Waals surface area contributed by atoms with Gasteiger partial charge in [-0.25, -0.2) is 14.3 Å². The van der Waals surface area contributed by atoms with Crippen molar-refractivity contribution in [1.82, 2.24) is 9.78 Å². The van der Waals surface area contributed by atoms with E-state index in [1.54, 1.807) is 0 Å². The largest absolute Gasteiger partial charge is 0.478 e. The van der Waals surface area contributed by atoms with Crippen molar-refractivity contribution in [3.8, 4) is 0 Å². The average molecular weight is 198 g/mol. The molecule has 7 nitrogen and oxygen atoms in total. The summed E-state index contributed by atoms with van der Waals surface area (Å²) < 4.78 is 0.674. The van der Waals surface area contributed by atoms with E-state index in [0.717, 1.165) is 13.1 Å². The Morgan fingerprint density at radius 2 is 1.86 bits per heavy atom. The maximum Gasteiger partial charge on any atom is 0.357 e. The Morgan fingerprint density at radius 1 is 1.29 bits per heavy atom. The molecule has 0 aliphatic carbocycles. The van der Waals surface area contributed by atoms with E-state index in [2.05, 4.69) is 5.10 Å². The van der Waals surface area contributed by atoms with E-state index in [-0.39, 0.29) is 0 Å². The molecule has 2 N–H and O–H groups in total. The first-order valence-corrected chi connectivity index (χ1v) is 3.50. The molecule has 74 valence electrons. The van der Waals surface area contributed by atoms with Crippen molar-refractivity contribution in [2.45, 2.75) is 6.92 Å². The van der Waals surface area contributed by atoms with Gasteiger partial charge < -0.3 is 10.2 Å². The molecule has 1 rings (SSSR count). The number of carboxylic acids is 2. The molecule has 0 aromatic carbocycles. The number of carboxylic acid groups (broad SMARTS) is 2. The minimum absolute atomic E-state index is 0.507. The zero-order valence-corrected chi connectivity index (χ0v) is 7.09. The molecule has 0 bridgehead atoms. The molecule has 7 heteroatoms. The van der Waals surface area contributed by atoms with Gasteiger partial charge in [0.25, 0.3) is 0 Å². The number of hydrogen-bond acceptors (Lipinski definition) is 4. The van der Waals surface area contributed by atoms with Crippen LogP contribution in [0.25, 0.3) is 0 Å². The summed E-state index contributed by atoms with van der Waals surface area (Å²) in [5, 5.41) is 20.5. The van der Waals surface area contributed by atoms with Crippen LogP contribution in [-0.2, 0) is 0 Å². The van der Waals surface area contributed by atoms with Gasteiger partial charge in [0.15, 0.2) is 5.69 Å². The SMILES string of the molecule is CC(=O)n1cc(C(=O)O)c(C(=O)O)n1. The van der Waals surface area contributed by atoms with Crippen molar-refractivity contribution in [3.63, 3.8) is 0 Å². The van der Waals surface area contributed by atoms with Crippen LogP contribution in [0.5, 0.6) is 0 Å². The fourth-order valence-electron chi connectivity index (χ4n) is 0.850. The molecule has 14 heavy (non-hydrogen) atoms. The lowest BCUT2D eigenvalue weighted by Crippen LogP contribution is -2.08. The topological polar surface area (TPSA) is 109 Å². The zero-order chi connectivity index (χ0) is 10.9. The summed E-state index contributed by atoms with van der Waals surface area (Å²) in [4.78, 5) is 31.8. The van der Waals surface area contributed by atoms with Crippen LogP contribution in [0.4, 0.5) is 0 Å². The summed E-state index contributed by atoms with van der Waals surface area (Å²) in [6.07, 6.45) is 0.869. The van der Waals surface area contributed by atoms with Crippen LogP contribution >= 0.6 is 0 Å². The lowest BCUT2D eigenvalue weighted by Gasteiger charge is -1.88. The molecule has 0 atom stereocenters. The Labute approximate surface area is 77.6 Å². The quantitative estimate of drug-likeness (QED) is 0.688. The van der Waals surface area contributed by atoms with Gasteiger partial charge in [0, 0.05) is 13.1 Å². The van der Waals surface area contributed by atoms with Gasteiger partial charge in [-0.15, -0.1) is 0 Å². The van der Waals surface area contributed by atoms with Gasteiger partial charge in [0.2, 0.25) is 5.91 Å². The Hall–Kier alpha value is -2.18. The van der Waals surface area contributed by atoms with E-state index in [1.165, 1.54) is 0 Å². The van der Waals surface area contributed by atoms with E-state index < -0.39 is 29.1 Å². The molecule has 1 heterocycles. The number of aromatic carboxylic acids is 2. The molecule has 0 fully saturated rings. The van der Waals surface area contributed by atoms with Gasteiger partial charge in [-0.2, -0.15) is 5.10 Å². The second kappa shape index (κ2) is 3.29. The number of aromatic nitrogens is 2. The standard InChI is InChI=1S/C7H6N2O5/c1-3(10)9-2-4(6(11)12)5(8-9)7(13)14/h2H,1H3,(H,11,12)(H,13,14). The zero-order valence-electron chi connectivity index (χ0n) is 7.09. The molecule has 0 saturated carbocycles. The Morgan fingerprint density at radius 3 is 2.14 bits per heavy atom. The molecule has 0 radical (unpaired) electrons. The molecular weight excluding hydrogens is 192 g/mol. The number of nitrogens with zero attached hydrogens (tertiary/aromatic N) is 2. The smallest absolute Gasteiger partial charge is 0.357 e. The van der Waals surface area contributed by atoms with E-state index >= 15 is 0 Å². The first kappa shape index (κ1) is 9.90. The van der Waals surface area contributed by atoms with Crippen LogP contribution in [0.1, 0.15) is 32.6 Å². The summed E-state index contributed by atoms with van der Waals surface area (Å²) in [6.45, 7) is 1.14. The minimum Gasteiger partial charge on any atom is -0.478 e. The first-order valence-electron chi connectivity index (χ1n) is 3.50. The van der Waals surface area contributed by atoms with E-state index in [4.69, 9.17) is 10.2 Å². The van der Waals surface area contributed by atoms with E-state index in [1.807, 2.05) is 0 Å². The number of carbonyl (C=O) groups excluding carboxylic acids is 1. The van der Waals surface area contributed by atoms with Crippen LogP contribution in [0.15, 0.2) is 6.20 Å². The third kappa shape index (κ3) is 1.60. The molecule has 1 aromatic rings. The Balaban J connectivity index is 3.33. The molecule has 0 saturated heterocycles. The lowest BCUT2D eigenvalue weighted by atomic mass is 10.2. The third-order valence-electron chi connectivity index (χ3n) is 1.47. The second-order valence-corrected chi connectivity index (χ2v) is 2.47. The monoisotopic (exact) mass is 198 g/mol. The molecule has 0 spiro atoms. The van der Waals surface area contributed by atoms with Crippen molar-refractivity contribution >= 4 is 17.8 Å². The van der Waals surface area contributed by atoms with Gasteiger partial charge in [0.1, 0.15) is 5.56 Å². The predicted molar refractivity (Wildman–Crippen MR) is 42.4 cm³/mol. The van der Waals surface area contributed by atoms with Crippen molar-refractivity contribution in [3.05, 3.63) is 17.5 Å². The number of carbonyl (C=O) groups is 3. The van der Waals surface area contributed by atoms with Gasteiger partial charge in [-0.05, 0) is 0 Å². The van der Waals surface area contributed by atoms with Gasteiger partial charge >= 0.3 is 11.9 Å². The van der Waals surface area contributed by atoms with E-state index in [0.29, 0.717) is 4.68 Å².